The highest BCUT2D eigenvalue weighted by Crippen LogP contribution is 2.31. The van der Waals surface area contributed by atoms with E-state index in [4.69, 9.17) is 4.98 Å². The Morgan fingerprint density at radius 1 is 0.600 bits per heavy atom. The number of pyridine rings is 1. The second-order valence-corrected chi connectivity index (χ2v) is 7.58. The van der Waals surface area contributed by atoms with Gasteiger partial charge in [-0.25, -0.2) is 4.98 Å². The molecule has 0 saturated carbocycles. The van der Waals surface area contributed by atoms with E-state index in [0.29, 0.717) is 0 Å². The van der Waals surface area contributed by atoms with Gasteiger partial charge < -0.3 is 9.80 Å². The van der Waals surface area contributed by atoms with Gasteiger partial charge in [-0.3, -0.25) is 0 Å². The zero-order valence-corrected chi connectivity index (χ0v) is 16.9. The molecule has 0 aliphatic carbocycles. The molecule has 1 aliphatic rings. The Morgan fingerprint density at radius 3 is 1.77 bits per heavy atom. The molecule has 0 spiro atoms. The lowest BCUT2D eigenvalue weighted by Crippen LogP contribution is -2.22. The lowest BCUT2D eigenvalue weighted by atomic mass is 9.99. The van der Waals surface area contributed by atoms with Crippen LogP contribution in [0.1, 0.15) is 0 Å². The Labute approximate surface area is 177 Å². The lowest BCUT2D eigenvalue weighted by Gasteiger charge is -2.19. The van der Waals surface area contributed by atoms with E-state index in [1.165, 1.54) is 22.3 Å². The quantitative estimate of drug-likeness (QED) is 0.410. The largest absolute Gasteiger partial charge is 0.361 e. The molecule has 0 saturated heterocycles. The standard InChI is InChI=1S/C27H23N3/c1-29-16-17-30(20-29)27-19-25(18-26(28-27)24-10-6-3-7-11-24)23-14-12-22(13-15-23)21-8-4-2-5-9-21/h2-19H,20H2,1H3. The van der Waals surface area contributed by atoms with E-state index in [0.717, 1.165) is 23.7 Å². The van der Waals surface area contributed by atoms with Crippen molar-refractivity contribution in [1.29, 1.82) is 0 Å². The molecule has 5 rings (SSSR count). The molecule has 0 fully saturated rings. The van der Waals surface area contributed by atoms with E-state index in [1.54, 1.807) is 0 Å². The first-order valence-electron chi connectivity index (χ1n) is 10.1. The highest BCUT2D eigenvalue weighted by Gasteiger charge is 2.15. The van der Waals surface area contributed by atoms with Crippen molar-refractivity contribution < 1.29 is 0 Å². The molecular weight excluding hydrogens is 366 g/mol. The van der Waals surface area contributed by atoms with Gasteiger partial charge in [0.25, 0.3) is 0 Å². The van der Waals surface area contributed by atoms with Gasteiger partial charge >= 0.3 is 0 Å². The van der Waals surface area contributed by atoms with Gasteiger partial charge in [-0.1, -0.05) is 84.9 Å². The molecule has 30 heavy (non-hydrogen) atoms. The molecule has 1 aromatic heterocycles. The maximum atomic E-state index is 4.96. The molecule has 2 heterocycles. The van der Waals surface area contributed by atoms with Crippen molar-refractivity contribution in [2.45, 2.75) is 0 Å². The Bertz CT molecular complexity index is 1170. The number of hydrogen-bond donors (Lipinski definition) is 0. The average Bonchev–Trinajstić information content (AvgIpc) is 3.26. The summed E-state index contributed by atoms with van der Waals surface area (Å²) < 4.78 is 0. The summed E-state index contributed by atoms with van der Waals surface area (Å²) in [6, 6.07) is 34.0. The number of hydrogen-bond acceptors (Lipinski definition) is 3. The Kier molecular flexibility index (Phi) is 4.78. The summed E-state index contributed by atoms with van der Waals surface area (Å²) in [5, 5.41) is 0. The lowest BCUT2D eigenvalue weighted by molar-refractivity contribution is 0.494. The number of aromatic nitrogens is 1. The zero-order valence-electron chi connectivity index (χ0n) is 16.9. The topological polar surface area (TPSA) is 19.4 Å². The number of rotatable bonds is 4. The molecule has 0 N–H and O–H groups in total. The summed E-state index contributed by atoms with van der Waals surface area (Å²) in [4.78, 5) is 9.28. The Morgan fingerprint density at radius 2 is 1.17 bits per heavy atom. The number of benzene rings is 3. The second kappa shape index (κ2) is 7.88. The molecule has 3 nitrogen and oxygen atoms in total. The van der Waals surface area contributed by atoms with Gasteiger partial charge in [0, 0.05) is 25.0 Å². The van der Waals surface area contributed by atoms with Crippen LogP contribution in [-0.4, -0.2) is 23.6 Å². The van der Waals surface area contributed by atoms with Crippen LogP contribution in [0.25, 0.3) is 33.5 Å². The summed E-state index contributed by atoms with van der Waals surface area (Å²) >= 11 is 0. The fourth-order valence-corrected chi connectivity index (χ4v) is 3.75. The SMILES string of the molecule is CN1C=CN(c2cc(-c3ccc(-c4ccccc4)cc3)cc(-c3ccccc3)n2)C1. The molecule has 3 aromatic carbocycles. The maximum Gasteiger partial charge on any atom is 0.135 e. The summed E-state index contributed by atoms with van der Waals surface area (Å²) in [6.07, 6.45) is 4.16. The Balaban J connectivity index is 1.56. The van der Waals surface area contributed by atoms with Gasteiger partial charge in [0.1, 0.15) is 5.82 Å². The van der Waals surface area contributed by atoms with Crippen LogP contribution in [0.5, 0.6) is 0 Å². The third-order valence-corrected chi connectivity index (χ3v) is 5.38. The van der Waals surface area contributed by atoms with Crippen molar-refractivity contribution in [2.24, 2.45) is 0 Å². The van der Waals surface area contributed by atoms with Gasteiger partial charge in [0.15, 0.2) is 0 Å². The third-order valence-electron chi connectivity index (χ3n) is 5.38. The van der Waals surface area contributed by atoms with E-state index >= 15 is 0 Å². The van der Waals surface area contributed by atoms with Crippen molar-refractivity contribution in [1.82, 2.24) is 9.88 Å². The average molecular weight is 390 g/mol. The second-order valence-electron chi connectivity index (χ2n) is 7.58. The molecule has 0 amide bonds. The highest BCUT2D eigenvalue weighted by atomic mass is 15.3. The molecular formula is C27H23N3. The van der Waals surface area contributed by atoms with Crippen LogP contribution in [0.2, 0.25) is 0 Å². The molecule has 1 aliphatic heterocycles. The van der Waals surface area contributed by atoms with Gasteiger partial charge in [-0.2, -0.15) is 0 Å². The Hall–Kier alpha value is -3.85. The van der Waals surface area contributed by atoms with Gasteiger partial charge in [-0.15, -0.1) is 0 Å². The predicted octanol–water partition coefficient (Wildman–Crippen LogP) is 6.26. The van der Waals surface area contributed by atoms with Gasteiger partial charge in [0.2, 0.25) is 0 Å². The van der Waals surface area contributed by atoms with Crippen LogP contribution >= 0.6 is 0 Å². The predicted molar refractivity (Wildman–Crippen MR) is 125 cm³/mol. The molecule has 0 unspecified atom stereocenters. The first kappa shape index (κ1) is 18.2. The summed E-state index contributed by atoms with van der Waals surface area (Å²) in [5.41, 5.74) is 6.92. The zero-order chi connectivity index (χ0) is 20.3. The minimum absolute atomic E-state index is 0.803. The first-order chi connectivity index (χ1) is 14.8. The van der Waals surface area contributed by atoms with Crippen molar-refractivity contribution in [3.8, 4) is 33.5 Å². The van der Waals surface area contributed by atoms with Crippen molar-refractivity contribution in [3.63, 3.8) is 0 Å². The molecule has 0 bridgehead atoms. The molecule has 0 radical (unpaired) electrons. The van der Waals surface area contributed by atoms with Crippen LogP contribution in [0.3, 0.4) is 0 Å². The van der Waals surface area contributed by atoms with E-state index in [2.05, 4.69) is 114 Å². The van der Waals surface area contributed by atoms with Crippen LogP contribution in [0.4, 0.5) is 5.82 Å². The van der Waals surface area contributed by atoms with Gasteiger partial charge in [0.05, 0.1) is 12.4 Å². The minimum Gasteiger partial charge on any atom is -0.361 e. The third kappa shape index (κ3) is 3.70. The molecule has 0 atom stereocenters. The monoisotopic (exact) mass is 389 g/mol. The highest BCUT2D eigenvalue weighted by molar-refractivity contribution is 5.76. The van der Waals surface area contributed by atoms with Crippen molar-refractivity contribution in [2.75, 3.05) is 18.6 Å². The van der Waals surface area contributed by atoms with Crippen LogP contribution in [0, 0.1) is 0 Å². The van der Waals surface area contributed by atoms with Crippen molar-refractivity contribution >= 4 is 5.82 Å². The van der Waals surface area contributed by atoms with E-state index in [1.807, 2.05) is 12.1 Å². The van der Waals surface area contributed by atoms with Crippen LogP contribution in [-0.2, 0) is 0 Å². The molecule has 4 aromatic rings. The summed E-state index contributed by atoms with van der Waals surface area (Å²) in [7, 11) is 2.07. The van der Waals surface area contributed by atoms with Gasteiger partial charge in [-0.05, 0) is 34.4 Å². The van der Waals surface area contributed by atoms with E-state index in [-0.39, 0.29) is 0 Å². The first-order valence-corrected chi connectivity index (χ1v) is 10.1. The molecule has 3 heteroatoms. The summed E-state index contributed by atoms with van der Waals surface area (Å²) in [6.45, 7) is 0.803. The fourth-order valence-electron chi connectivity index (χ4n) is 3.75. The minimum atomic E-state index is 0.803. The van der Waals surface area contributed by atoms with E-state index in [9.17, 15) is 0 Å². The normalized spacial score (nSPS) is 13.1. The smallest absolute Gasteiger partial charge is 0.135 e. The number of anilines is 1. The van der Waals surface area contributed by atoms with Crippen LogP contribution < -0.4 is 4.90 Å². The number of nitrogens with zero attached hydrogens (tertiary/aromatic N) is 3. The van der Waals surface area contributed by atoms with E-state index < -0.39 is 0 Å². The van der Waals surface area contributed by atoms with Crippen molar-refractivity contribution in [3.05, 3.63) is 109 Å². The summed E-state index contributed by atoms with van der Waals surface area (Å²) in [5.74, 6) is 0.957. The fraction of sp³-hybridized carbons (Fsp3) is 0.0741. The molecule has 146 valence electrons. The maximum absolute atomic E-state index is 4.96. The van der Waals surface area contributed by atoms with Crippen LogP contribution in [0.15, 0.2) is 109 Å².